The lowest BCUT2D eigenvalue weighted by Crippen LogP contribution is -2.01. The molecule has 0 atom stereocenters. The van der Waals surface area contributed by atoms with Gasteiger partial charge in [-0.3, -0.25) is 4.68 Å². The highest BCUT2D eigenvalue weighted by molar-refractivity contribution is 5.68. The minimum atomic E-state index is 0.942. The first-order valence-corrected chi connectivity index (χ1v) is 7.07. The monoisotopic (exact) mass is 262 g/mol. The molecule has 1 heterocycles. The van der Waals surface area contributed by atoms with Crippen LogP contribution in [-0.4, -0.2) is 9.78 Å². The Kier molecular flexibility index (Phi) is 3.64. The van der Waals surface area contributed by atoms with Gasteiger partial charge >= 0.3 is 0 Å². The number of hydrogen-bond acceptors (Lipinski definition) is 1. The molecule has 20 heavy (non-hydrogen) atoms. The third-order valence-electron chi connectivity index (χ3n) is 3.35. The van der Waals surface area contributed by atoms with E-state index in [9.17, 15) is 0 Å². The maximum atomic E-state index is 4.76. The average molecular weight is 262 g/mol. The van der Waals surface area contributed by atoms with Crippen LogP contribution in [0.2, 0.25) is 0 Å². The van der Waals surface area contributed by atoms with E-state index in [0.717, 1.165) is 18.7 Å². The van der Waals surface area contributed by atoms with Gasteiger partial charge in [0.05, 0.1) is 11.4 Å². The Bertz CT molecular complexity index is 669. The fraction of sp³-hybridized carbons (Fsp3) is 0.167. The van der Waals surface area contributed by atoms with Crippen molar-refractivity contribution in [1.29, 1.82) is 0 Å². The van der Waals surface area contributed by atoms with Gasteiger partial charge in [0.1, 0.15) is 0 Å². The summed E-state index contributed by atoms with van der Waals surface area (Å²) in [5.74, 6) is 0. The van der Waals surface area contributed by atoms with Gasteiger partial charge in [-0.2, -0.15) is 5.10 Å². The van der Waals surface area contributed by atoms with Gasteiger partial charge in [0.15, 0.2) is 0 Å². The Morgan fingerprint density at radius 1 is 0.850 bits per heavy atom. The van der Waals surface area contributed by atoms with E-state index in [0.29, 0.717) is 0 Å². The summed E-state index contributed by atoms with van der Waals surface area (Å²) < 4.78 is 2.11. The summed E-state index contributed by atoms with van der Waals surface area (Å²) in [4.78, 5) is 0. The largest absolute Gasteiger partial charge is 0.264 e. The summed E-state index contributed by atoms with van der Waals surface area (Å²) in [6.07, 6.45) is 1.08. The molecular formula is C18H18N2. The molecule has 0 fully saturated rings. The molecule has 0 unspecified atom stereocenters. The molecule has 0 aliphatic carbocycles. The van der Waals surface area contributed by atoms with Gasteiger partial charge in [0, 0.05) is 12.1 Å². The van der Waals surface area contributed by atoms with Crippen LogP contribution in [0.1, 0.15) is 13.3 Å². The molecule has 0 N–H and O–H groups in total. The molecule has 100 valence electrons. The van der Waals surface area contributed by atoms with Crippen LogP contribution in [0, 0.1) is 0 Å². The standard InChI is InChI=1S/C18H18N2/c1-2-13-20-18(16-11-7-4-8-12-16)14-17(19-20)15-9-5-3-6-10-15/h3-12,14H,2,13H2,1H3. The van der Waals surface area contributed by atoms with Crippen molar-refractivity contribution in [3.8, 4) is 22.5 Å². The highest BCUT2D eigenvalue weighted by atomic mass is 15.3. The SMILES string of the molecule is CCCn1nc(-c2ccccc2)cc1-c1ccccc1. The number of aryl methyl sites for hydroxylation is 1. The lowest BCUT2D eigenvalue weighted by atomic mass is 10.1. The summed E-state index contributed by atoms with van der Waals surface area (Å²) in [5, 5.41) is 4.76. The smallest absolute Gasteiger partial charge is 0.0929 e. The zero-order chi connectivity index (χ0) is 13.8. The highest BCUT2D eigenvalue weighted by Gasteiger charge is 2.10. The summed E-state index contributed by atoms with van der Waals surface area (Å²) in [5.41, 5.74) is 4.61. The molecule has 0 aliphatic rings. The Hall–Kier alpha value is -2.35. The average Bonchev–Trinajstić information content (AvgIpc) is 2.94. The van der Waals surface area contributed by atoms with Gasteiger partial charge in [-0.1, -0.05) is 67.6 Å². The Morgan fingerprint density at radius 2 is 1.45 bits per heavy atom. The molecule has 3 aromatic rings. The van der Waals surface area contributed by atoms with Gasteiger partial charge in [0.25, 0.3) is 0 Å². The molecule has 0 saturated carbocycles. The number of aromatic nitrogens is 2. The molecule has 0 saturated heterocycles. The first-order chi connectivity index (χ1) is 9.88. The molecule has 2 nitrogen and oxygen atoms in total. The van der Waals surface area contributed by atoms with Crippen LogP contribution >= 0.6 is 0 Å². The zero-order valence-electron chi connectivity index (χ0n) is 11.7. The summed E-state index contributed by atoms with van der Waals surface area (Å²) in [6, 6.07) is 23.0. The Balaban J connectivity index is 2.08. The van der Waals surface area contributed by atoms with Gasteiger partial charge in [-0.05, 0) is 18.1 Å². The van der Waals surface area contributed by atoms with Crippen molar-refractivity contribution >= 4 is 0 Å². The Labute approximate surface area is 119 Å². The van der Waals surface area contributed by atoms with Gasteiger partial charge < -0.3 is 0 Å². The fourth-order valence-corrected chi connectivity index (χ4v) is 2.39. The zero-order valence-corrected chi connectivity index (χ0v) is 11.7. The van der Waals surface area contributed by atoms with E-state index in [2.05, 4.69) is 66.2 Å². The van der Waals surface area contributed by atoms with Crippen molar-refractivity contribution in [2.75, 3.05) is 0 Å². The fourth-order valence-electron chi connectivity index (χ4n) is 2.39. The normalized spacial score (nSPS) is 10.7. The van der Waals surface area contributed by atoms with Crippen LogP contribution in [-0.2, 0) is 6.54 Å². The quantitative estimate of drug-likeness (QED) is 0.670. The van der Waals surface area contributed by atoms with E-state index in [-0.39, 0.29) is 0 Å². The topological polar surface area (TPSA) is 17.8 Å². The first kappa shape index (κ1) is 12.7. The lowest BCUT2D eigenvalue weighted by Gasteiger charge is -2.05. The molecule has 2 aromatic carbocycles. The summed E-state index contributed by atoms with van der Waals surface area (Å²) in [7, 11) is 0. The molecule has 0 spiro atoms. The van der Waals surface area contributed by atoms with E-state index < -0.39 is 0 Å². The molecular weight excluding hydrogens is 244 g/mol. The second-order valence-electron chi connectivity index (χ2n) is 4.87. The molecule has 3 rings (SSSR count). The van der Waals surface area contributed by atoms with E-state index in [1.165, 1.54) is 16.8 Å². The van der Waals surface area contributed by atoms with Crippen molar-refractivity contribution in [1.82, 2.24) is 9.78 Å². The van der Waals surface area contributed by atoms with E-state index in [1.54, 1.807) is 0 Å². The number of benzene rings is 2. The lowest BCUT2D eigenvalue weighted by molar-refractivity contribution is 0.611. The molecule has 0 radical (unpaired) electrons. The predicted octanol–water partition coefficient (Wildman–Crippen LogP) is 4.63. The third kappa shape index (κ3) is 2.50. The van der Waals surface area contributed by atoms with Crippen LogP contribution in [0.5, 0.6) is 0 Å². The molecule has 0 bridgehead atoms. The minimum absolute atomic E-state index is 0.942. The van der Waals surface area contributed by atoms with Crippen LogP contribution < -0.4 is 0 Å². The third-order valence-corrected chi connectivity index (χ3v) is 3.35. The van der Waals surface area contributed by atoms with Gasteiger partial charge in [0.2, 0.25) is 0 Å². The first-order valence-electron chi connectivity index (χ1n) is 7.07. The van der Waals surface area contributed by atoms with E-state index >= 15 is 0 Å². The van der Waals surface area contributed by atoms with Crippen LogP contribution in [0.15, 0.2) is 66.7 Å². The maximum Gasteiger partial charge on any atom is 0.0929 e. The van der Waals surface area contributed by atoms with Crippen molar-refractivity contribution < 1.29 is 0 Å². The van der Waals surface area contributed by atoms with Gasteiger partial charge in [-0.15, -0.1) is 0 Å². The minimum Gasteiger partial charge on any atom is -0.264 e. The predicted molar refractivity (Wildman–Crippen MR) is 83.4 cm³/mol. The van der Waals surface area contributed by atoms with Crippen LogP contribution in [0.3, 0.4) is 0 Å². The number of nitrogens with zero attached hydrogens (tertiary/aromatic N) is 2. The van der Waals surface area contributed by atoms with Crippen molar-refractivity contribution in [2.45, 2.75) is 19.9 Å². The van der Waals surface area contributed by atoms with Crippen molar-refractivity contribution in [3.63, 3.8) is 0 Å². The summed E-state index contributed by atoms with van der Waals surface area (Å²) in [6.45, 7) is 3.12. The maximum absolute atomic E-state index is 4.76. The Morgan fingerprint density at radius 3 is 2.05 bits per heavy atom. The highest BCUT2D eigenvalue weighted by Crippen LogP contribution is 2.26. The van der Waals surface area contributed by atoms with Crippen molar-refractivity contribution in [3.05, 3.63) is 66.7 Å². The van der Waals surface area contributed by atoms with Gasteiger partial charge in [-0.25, -0.2) is 0 Å². The number of rotatable bonds is 4. The van der Waals surface area contributed by atoms with E-state index in [4.69, 9.17) is 5.10 Å². The number of hydrogen-bond donors (Lipinski definition) is 0. The molecule has 1 aromatic heterocycles. The van der Waals surface area contributed by atoms with Crippen LogP contribution in [0.4, 0.5) is 0 Å². The second-order valence-corrected chi connectivity index (χ2v) is 4.87. The molecule has 0 aliphatic heterocycles. The van der Waals surface area contributed by atoms with E-state index in [1.807, 2.05) is 12.1 Å². The van der Waals surface area contributed by atoms with Crippen molar-refractivity contribution in [2.24, 2.45) is 0 Å². The summed E-state index contributed by atoms with van der Waals surface area (Å²) >= 11 is 0. The molecule has 0 amide bonds. The molecule has 2 heteroatoms. The second kappa shape index (κ2) is 5.74. The van der Waals surface area contributed by atoms with Crippen LogP contribution in [0.25, 0.3) is 22.5 Å².